The summed E-state index contributed by atoms with van der Waals surface area (Å²) in [5, 5.41) is 0. The van der Waals surface area contributed by atoms with E-state index >= 15 is 0 Å². The van der Waals surface area contributed by atoms with Gasteiger partial charge in [-0.2, -0.15) is 8.78 Å². The van der Waals surface area contributed by atoms with Gasteiger partial charge < -0.3 is 10.5 Å². The van der Waals surface area contributed by atoms with Crippen molar-refractivity contribution in [3.8, 4) is 5.75 Å². The third kappa shape index (κ3) is 3.76. The van der Waals surface area contributed by atoms with E-state index in [1.165, 1.54) is 36.4 Å². The molecule has 0 aliphatic carbocycles. The Hall–Kier alpha value is -2.01. The Bertz CT molecular complexity index is 587. The van der Waals surface area contributed by atoms with Crippen molar-refractivity contribution in [1.29, 1.82) is 0 Å². The number of ether oxygens (including phenoxy) is 1. The summed E-state index contributed by atoms with van der Waals surface area (Å²) in [6, 6.07) is 11.6. The molecule has 0 heterocycles. The molecule has 5 heteroatoms. The summed E-state index contributed by atoms with van der Waals surface area (Å²) in [4.78, 5) is 0. The summed E-state index contributed by atoms with van der Waals surface area (Å²) in [5.41, 5.74) is 5.75. The van der Waals surface area contributed by atoms with E-state index in [4.69, 9.17) is 10.5 Å². The molecule has 0 bridgehead atoms. The molecule has 21 heavy (non-hydrogen) atoms. The smallest absolute Gasteiger partial charge is 0.306 e. The van der Waals surface area contributed by atoms with Crippen LogP contribution in [0.5, 0.6) is 5.75 Å². The lowest BCUT2D eigenvalue weighted by atomic mass is 10.1. The maximum absolute atomic E-state index is 14.0. The van der Waals surface area contributed by atoms with Gasteiger partial charge >= 0.3 is 5.92 Å². The van der Waals surface area contributed by atoms with Gasteiger partial charge in [-0.3, -0.25) is 0 Å². The molecule has 0 atom stereocenters. The molecule has 0 spiro atoms. The van der Waals surface area contributed by atoms with E-state index in [1.54, 1.807) is 12.1 Å². The molecule has 2 rings (SSSR count). The fourth-order valence-electron chi connectivity index (χ4n) is 2.00. The van der Waals surface area contributed by atoms with Gasteiger partial charge in [-0.05, 0) is 24.6 Å². The van der Waals surface area contributed by atoms with Crippen molar-refractivity contribution in [3.63, 3.8) is 0 Å². The van der Waals surface area contributed by atoms with Crippen LogP contribution < -0.4 is 10.5 Å². The number of rotatable bonds is 6. The molecule has 0 fully saturated rings. The van der Waals surface area contributed by atoms with E-state index in [0.29, 0.717) is 12.0 Å². The summed E-state index contributed by atoms with van der Waals surface area (Å²) in [5.74, 6) is -4.01. The minimum atomic E-state index is -3.19. The van der Waals surface area contributed by atoms with Crippen molar-refractivity contribution >= 4 is 0 Å². The van der Waals surface area contributed by atoms with Gasteiger partial charge in [-0.15, -0.1) is 0 Å². The van der Waals surface area contributed by atoms with Crippen LogP contribution >= 0.6 is 0 Å². The monoisotopic (exact) mass is 295 g/mol. The highest BCUT2D eigenvalue weighted by molar-refractivity contribution is 5.35. The van der Waals surface area contributed by atoms with Gasteiger partial charge in [0.1, 0.15) is 0 Å². The molecule has 2 nitrogen and oxygen atoms in total. The van der Waals surface area contributed by atoms with Gasteiger partial charge in [0, 0.05) is 5.56 Å². The molecular weight excluding hydrogens is 279 g/mol. The summed E-state index contributed by atoms with van der Waals surface area (Å²) in [7, 11) is 0. The quantitative estimate of drug-likeness (QED) is 0.885. The van der Waals surface area contributed by atoms with Gasteiger partial charge in [-0.25, -0.2) is 4.39 Å². The molecule has 0 saturated heterocycles. The number of halogens is 3. The third-order valence-corrected chi connectivity index (χ3v) is 3.06. The van der Waals surface area contributed by atoms with E-state index in [9.17, 15) is 13.2 Å². The van der Waals surface area contributed by atoms with Crippen molar-refractivity contribution < 1.29 is 17.9 Å². The summed E-state index contributed by atoms with van der Waals surface area (Å²) in [6.45, 7) is -0.635. The topological polar surface area (TPSA) is 35.2 Å². The number of hydrogen-bond donors (Lipinski definition) is 1. The van der Waals surface area contributed by atoms with Gasteiger partial charge in [0.2, 0.25) is 0 Å². The van der Waals surface area contributed by atoms with Gasteiger partial charge in [-0.1, -0.05) is 42.5 Å². The molecule has 112 valence electrons. The van der Waals surface area contributed by atoms with Crippen LogP contribution in [0, 0.1) is 5.82 Å². The first-order valence-corrected chi connectivity index (χ1v) is 6.58. The van der Waals surface area contributed by atoms with E-state index < -0.39 is 18.3 Å². The van der Waals surface area contributed by atoms with E-state index in [-0.39, 0.29) is 17.9 Å². The van der Waals surface area contributed by atoms with Gasteiger partial charge in [0.25, 0.3) is 0 Å². The van der Waals surface area contributed by atoms with Crippen molar-refractivity contribution in [2.24, 2.45) is 5.73 Å². The van der Waals surface area contributed by atoms with Crippen molar-refractivity contribution in [3.05, 3.63) is 65.5 Å². The van der Waals surface area contributed by atoms with Crippen LogP contribution in [0.25, 0.3) is 0 Å². The number of alkyl halides is 2. The van der Waals surface area contributed by atoms with Crippen LogP contribution in [0.1, 0.15) is 11.1 Å². The predicted octanol–water partition coefficient (Wildman–Crippen LogP) is 3.50. The largest absolute Gasteiger partial charge is 0.484 e. The summed E-state index contributed by atoms with van der Waals surface area (Å²) in [6.07, 6.45) is 0.365. The number of para-hydroxylation sites is 1. The standard InChI is InChI=1S/C16H16F3NO/c17-14-8-4-5-12(9-10-20)15(14)21-11-16(18,19)13-6-2-1-3-7-13/h1-8H,9-11,20H2. The number of hydrogen-bond acceptors (Lipinski definition) is 2. The predicted molar refractivity (Wildman–Crippen MR) is 75.0 cm³/mol. The van der Waals surface area contributed by atoms with Crippen LogP contribution in [-0.2, 0) is 12.3 Å². The molecule has 0 aliphatic rings. The van der Waals surface area contributed by atoms with Crippen LogP contribution in [0.15, 0.2) is 48.5 Å². The Morgan fingerprint density at radius 3 is 2.38 bits per heavy atom. The lowest BCUT2D eigenvalue weighted by Gasteiger charge is -2.19. The second kappa shape index (κ2) is 6.63. The van der Waals surface area contributed by atoms with Crippen molar-refractivity contribution in [2.75, 3.05) is 13.2 Å². The van der Waals surface area contributed by atoms with Crippen molar-refractivity contribution in [1.82, 2.24) is 0 Å². The van der Waals surface area contributed by atoms with Crippen LogP contribution in [0.3, 0.4) is 0 Å². The maximum atomic E-state index is 14.0. The average Bonchev–Trinajstić information content (AvgIpc) is 2.48. The number of nitrogens with two attached hydrogens (primary N) is 1. The second-order valence-corrected chi connectivity index (χ2v) is 4.63. The minimum absolute atomic E-state index is 0.154. The Morgan fingerprint density at radius 1 is 1.00 bits per heavy atom. The average molecular weight is 295 g/mol. The van der Waals surface area contributed by atoms with E-state index in [2.05, 4.69) is 0 Å². The molecule has 0 aliphatic heterocycles. The SMILES string of the molecule is NCCc1cccc(F)c1OCC(F)(F)c1ccccc1. The molecule has 0 unspecified atom stereocenters. The molecule has 2 N–H and O–H groups in total. The first kappa shape index (κ1) is 15.4. The molecule has 2 aromatic rings. The number of benzene rings is 2. The summed E-state index contributed by atoms with van der Waals surface area (Å²) >= 11 is 0. The van der Waals surface area contributed by atoms with Crippen LogP contribution in [0.2, 0.25) is 0 Å². The highest BCUT2D eigenvalue weighted by Gasteiger charge is 2.33. The van der Waals surface area contributed by atoms with Gasteiger partial charge in [0.15, 0.2) is 18.2 Å². The molecule has 0 aromatic heterocycles. The zero-order valence-corrected chi connectivity index (χ0v) is 11.4. The fraction of sp³-hybridized carbons (Fsp3) is 0.250. The molecule has 0 amide bonds. The zero-order chi connectivity index (χ0) is 15.3. The maximum Gasteiger partial charge on any atom is 0.306 e. The fourth-order valence-corrected chi connectivity index (χ4v) is 2.00. The minimum Gasteiger partial charge on any atom is -0.484 e. The second-order valence-electron chi connectivity index (χ2n) is 4.63. The molecule has 0 saturated carbocycles. The Kier molecular flexibility index (Phi) is 4.85. The highest BCUT2D eigenvalue weighted by Crippen LogP contribution is 2.30. The molecule has 0 radical (unpaired) electrons. The Balaban J connectivity index is 2.16. The van der Waals surface area contributed by atoms with E-state index in [0.717, 1.165) is 0 Å². The Labute approximate surface area is 121 Å². The lowest BCUT2D eigenvalue weighted by Crippen LogP contribution is -2.24. The van der Waals surface area contributed by atoms with Crippen LogP contribution in [0.4, 0.5) is 13.2 Å². The van der Waals surface area contributed by atoms with E-state index in [1.807, 2.05) is 0 Å². The van der Waals surface area contributed by atoms with Crippen molar-refractivity contribution in [2.45, 2.75) is 12.3 Å². The highest BCUT2D eigenvalue weighted by atomic mass is 19.3. The van der Waals surface area contributed by atoms with Gasteiger partial charge in [0.05, 0.1) is 0 Å². The molecular formula is C16H16F3NO. The lowest BCUT2D eigenvalue weighted by molar-refractivity contribution is -0.0477. The zero-order valence-electron chi connectivity index (χ0n) is 11.4. The Morgan fingerprint density at radius 2 is 1.71 bits per heavy atom. The molecule has 2 aromatic carbocycles. The first-order valence-electron chi connectivity index (χ1n) is 6.58. The van der Waals surface area contributed by atoms with Crippen LogP contribution in [-0.4, -0.2) is 13.2 Å². The third-order valence-electron chi connectivity index (χ3n) is 3.06. The first-order chi connectivity index (χ1) is 10.0. The summed E-state index contributed by atoms with van der Waals surface area (Å²) < 4.78 is 46.8. The normalized spacial score (nSPS) is 11.4.